The molecule has 2 heterocycles. The minimum Gasteiger partial charge on any atom is -0.381 e. The molecule has 0 saturated carbocycles. The van der Waals surface area contributed by atoms with E-state index in [4.69, 9.17) is 0 Å². The molecule has 6 heteroatoms. The first kappa shape index (κ1) is 15.1. The molecule has 0 aromatic carbocycles. The Bertz CT molecular complexity index is 444. The van der Waals surface area contributed by atoms with Crippen molar-refractivity contribution in [2.24, 2.45) is 5.92 Å². The summed E-state index contributed by atoms with van der Waals surface area (Å²) in [5.74, 6) is 0.443. The van der Waals surface area contributed by atoms with Crippen LogP contribution in [0.15, 0.2) is 18.3 Å². The molecule has 0 spiro atoms. The van der Waals surface area contributed by atoms with E-state index < -0.39 is 11.9 Å². The molecule has 0 radical (unpaired) electrons. The van der Waals surface area contributed by atoms with Gasteiger partial charge in [-0.1, -0.05) is 6.92 Å². The molecular weight excluding hydrogens is 267 g/mol. The number of hydrogen-bond donors (Lipinski definition) is 1. The highest BCUT2D eigenvalue weighted by Crippen LogP contribution is 2.29. The van der Waals surface area contributed by atoms with E-state index in [-0.39, 0.29) is 6.04 Å². The van der Waals surface area contributed by atoms with Crippen LogP contribution in [-0.4, -0.2) is 35.6 Å². The van der Waals surface area contributed by atoms with Crippen molar-refractivity contribution in [2.45, 2.75) is 38.5 Å². The first-order chi connectivity index (χ1) is 9.27. The third-order valence-electron chi connectivity index (χ3n) is 4.02. The molecule has 20 heavy (non-hydrogen) atoms. The molecule has 3 unspecified atom stereocenters. The molecule has 1 aliphatic rings. The van der Waals surface area contributed by atoms with Crippen molar-refractivity contribution in [3.8, 4) is 0 Å². The number of nitrogens with one attached hydrogen (secondary N) is 1. The second-order valence-corrected chi connectivity index (χ2v) is 5.68. The number of nitrogens with zero attached hydrogens (tertiary/aromatic N) is 2. The first-order valence-corrected chi connectivity index (χ1v) is 6.77. The van der Waals surface area contributed by atoms with Crippen LogP contribution in [0.1, 0.15) is 26.0 Å². The van der Waals surface area contributed by atoms with Gasteiger partial charge in [0.2, 0.25) is 0 Å². The van der Waals surface area contributed by atoms with Gasteiger partial charge in [0.25, 0.3) is 0 Å². The Morgan fingerprint density at radius 2 is 2.00 bits per heavy atom. The Morgan fingerprint density at radius 1 is 1.30 bits per heavy atom. The van der Waals surface area contributed by atoms with E-state index in [9.17, 15) is 13.2 Å². The third-order valence-corrected chi connectivity index (χ3v) is 4.02. The molecule has 3 nitrogen and oxygen atoms in total. The Labute approximate surface area is 117 Å². The molecule has 1 N–H and O–H groups in total. The van der Waals surface area contributed by atoms with Gasteiger partial charge in [0.15, 0.2) is 0 Å². The summed E-state index contributed by atoms with van der Waals surface area (Å²) >= 11 is 0. The number of pyridine rings is 1. The molecule has 2 rings (SSSR count). The lowest BCUT2D eigenvalue weighted by molar-refractivity contribution is -0.141. The Balaban J connectivity index is 2.03. The monoisotopic (exact) mass is 287 g/mol. The number of hydrogen-bond acceptors (Lipinski definition) is 3. The summed E-state index contributed by atoms with van der Waals surface area (Å²) in [5, 5.41) is 3.30. The molecule has 0 aliphatic carbocycles. The van der Waals surface area contributed by atoms with Gasteiger partial charge in [0.05, 0.1) is 11.9 Å². The van der Waals surface area contributed by atoms with E-state index in [1.165, 1.54) is 12.3 Å². The maximum Gasteiger partial charge on any atom is 0.433 e. The van der Waals surface area contributed by atoms with E-state index in [0.717, 1.165) is 19.0 Å². The largest absolute Gasteiger partial charge is 0.433 e. The maximum absolute atomic E-state index is 12.4. The molecule has 0 bridgehead atoms. The van der Waals surface area contributed by atoms with E-state index in [1.807, 2.05) is 0 Å². The van der Waals surface area contributed by atoms with Crippen LogP contribution in [-0.2, 0) is 6.18 Å². The summed E-state index contributed by atoms with van der Waals surface area (Å²) in [7, 11) is 2.09. The summed E-state index contributed by atoms with van der Waals surface area (Å²) in [6, 6.07) is 3.20. The van der Waals surface area contributed by atoms with E-state index in [0.29, 0.717) is 17.6 Å². The van der Waals surface area contributed by atoms with Gasteiger partial charge in [-0.15, -0.1) is 0 Å². The number of aromatic nitrogens is 1. The number of alkyl halides is 3. The topological polar surface area (TPSA) is 28.2 Å². The summed E-state index contributed by atoms with van der Waals surface area (Å²) in [4.78, 5) is 5.78. The van der Waals surface area contributed by atoms with Crippen molar-refractivity contribution in [2.75, 3.05) is 18.9 Å². The van der Waals surface area contributed by atoms with Crippen LogP contribution < -0.4 is 5.32 Å². The molecule has 1 aromatic rings. The lowest BCUT2D eigenvalue weighted by atomic mass is 9.90. The summed E-state index contributed by atoms with van der Waals surface area (Å²) in [6.45, 7) is 5.29. The standard InChI is InChI=1S/C14H20F3N3/c1-9-8-20(3)10(2)6-12(9)19-11-4-5-13(18-7-11)14(15,16)17/h4-5,7,9-10,12,19H,6,8H2,1-3H3. The SMILES string of the molecule is CC1CN(C)C(C)CC1Nc1ccc(C(F)(F)F)nc1. The molecule has 112 valence electrons. The fourth-order valence-electron chi connectivity index (χ4n) is 2.60. The lowest BCUT2D eigenvalue weighted by Crippen LogP contribution is -2.48. The quantitative estimate of drug-likeness (QED) is 0.905. The van der Waals surface area contributed by atoms with Gasteiger partial charge in [-0.25, -0.2) is 4.98 Å². The second-order valence-electron chi connectivity index (χ2n) is 5.68. The van der Waals surface area contributed by atoms with Crippen LogP contribution in [0.4, 0.5) is 18.9 Å². The Hall–Kier alpha value is -1.30. The minimum atomic E-state index is -4.38. The van der Waals surface area contributed by atoms with Gasteiger partial charge in [-0.05, 0) is 38.4 Å². The van der Waals surface area contributed by atoms with Crippen molar-refractivity contribution in [1.29, 1.82) is 0 Å². The number of piperidine rings is 1. The van der Waals surface area contributed by atoms with Gasteiger partial charge in [-0.2, -0.15) is 13.2 Å². The smallest absolute Gasteiger partial charge is 0.381 e. The molecule has 3 atom stereocenters. The highest BCUT2D eigenvalue weighted by atomic mass is 19.4. The van der Waals surface area contributed by atoms with Gasteiger partial charge < -0.3 is 10.2 Å². The number of anilines is 1. The fraction of sp³-hybridized carbons (Fsp3) is 0.643. The highest BCUT2D eigenvalue weighted by Gasteiger charge is 2.32. The Morgan fingerprint density at radius 3 is 2.55 bits per heavy atom. The zero-order chi connectivity index (χ0) is 14.9. The van der Waals surface area contributed by atoms with Crippen molar-refractivity contribution < 1.29 is 13.2 Å². The van der Waals surface area contributed by atoms with E-state index >= 15 is 0 Å². The molecule has 1 aromatic heterocycles. The van der Waals surface area contributed by atoms with Gasteiger partial charge in [-0.3, -0.25) is 0 Å². The Kier molecular flexibility index (Phi) is 4.22. The van der Waals surface area contributed by atoms with Crippen molar-refractivity contribution in [3.63, 3.8) is 0 Å². The molecule has 1 saturated heterocycles. The lowest BCUT2D eigenvalue weighted by Gasteiger charge is -2.40. The second kappa shape index (κ2) is 5.60. The van der Waals surface area contributed by atoms with Gasteiger partial charge in [0, 0.05) is 18.6 Å². The average molecular weight is 287 g/mol. The van der Waals surface area contributed by atoms with E-state index in [1.54, 1.807) is 0 Å². The van der Waals surface area contributed by atoms with Crippen molar-refractivity contribution in [1.82, 2.24) is 9.88 Å². The summed E-state index contributed by atoms with van der Waals surface area (Å²) in [6.07, 6.45) is -2.15. The molecule has 1 fully saturated rings. The van der Waals surface area contributed by atoms with Crippen LogP contribution in [0.2, 0.25) is 0 Å². The van der Waals surface area contributed by atoms with Gasteiger partial charge >= 0.3 is 6.18 Å². The molecular formula is C14H20F3N3. The zero-order valence-corrected chi connectivity index (χ0v) is 11.9. The van der Waals surface area contributed by atoms with E-state index in [2.05, 4.69) is 36.1 Å². The number of halogens is 3. The average Bonchev–Trinajstić information content (AvgIpc) is 2.35. The minimum absolute atomic E-state index is 0.264. The predicted molar refractivity (Wildman–Crippen MR) is 72.5 cm³/mol. The fourth-order valence-corrected chi connectivity index (χ4v) is 2.60. The summed E-state index contributed by atoms with van der Waals surface area (Å²) < 4.78 is 37.3. The highest BCUT2D eigenvalue weighted by molar-refractivity contribution is 5.42. The summed E-state index contributed by atoms with van der Waals surface area (Å²) in [5.41, 5.74) is -0.209. The predicted octanol–water partition coefficient (Wildman–Crippen LogP) is 3.24. The normalized spacial score (nSPS) is 28.4. The maximum atomic E-state index is 12.4. The van der Waals surface area contributed by atoms with Crippen molar-refractivity contribution >= 4 is 5.69 Å². The molecule has 1 aliphatic heterocycles. The number of likely N-dealkylation sites (tertiary alicyclic amines) is 1. The zero-order valence-electron chi connectivity index (χ0n) is 11.9. The third kappa shape index (κ3) is 3.42. The molecule has 0 amide bonds. The van der Waals surface area contributed by atoms with Gasteiger partial charge in [0.1, 0.15) is 5.69 Å². The van der Waals surface area contributed by atoms with Crippen LogP contribution in [0.5, 0.6) is 0 Å². The van der Waals surface area contributed by atoms with Crippen LogP contribution in [0.3, 0.4) is 0 Å². The first-order valence-electron chi connectivity index (χ1n) is 6.77. The van der Waals surface area contributed by atoms with Crippen LogP contribution in [0.25, 0.3) is 0 Å². The number of rotatable bonds is 2. The van der Waals surface area contributed by atoms with Crippen LogP contribution >= 0.6 is 0 Å². The van der Waals surface area contributed by atoms with Crippen LogP contribution in [0, 0.1) is 5.92 Å². The van der Waals surface area contributed by atoms with Crippen molar-refractivity contribution in [3.05, 3.63) is 24.0 Å².